The van der Waals surface area contributed by atoms with E-state index in [4.69, 9.17) is 11.6 Å². The van der Waals surface area contributed by atoms with Gasteiger partial charge in [-0.25, -0.2) is 9.97 Å². The van der Waals surface area contributed by atoms with Gasteiger partial charge < -0.3 is 10.2 Å². The molecule has 28 heavy (non-hydrogen) atoms. The van der Waals surface area contributed by atoms with Crippen LogP contribution in [0.5, 0.6) is 0 Å². The Labute approximate surface area is 167 Å². The van der Waals surface area contributed by atoms with Crippen LogP contribution in [0.25, 0.3) is 0 Å². The Bertz CT molecular complexity index is 1060. The number of aryl methyl sites for hydroxylation is 1. The van der Waals surface area contributed by atoms with E-state index in [1.807, 2.05) is 42.2 Å². The first kappa shape index (κ1) is 18.2. The van der Waals surface area contributed by atoms with E-state index in [0.29, 0.717) is 17.3 Å². The summed E-state index contributed by atoms with van der Waals surface area (Å²) in [4.78, 5) is 21.8. The zero-order chi connectivity index (χ0) is 19.7. The molecule has 3 aromatic rings. The number of fused-ring (bicyclic) bond motifs is 1. The van der Waals surface area contributed by atoms with E-state index >= 15 is 0 Å². The number of aromatic nitrogens is 2. The number of benzene rings is 2. The van der Waals surface area contributed by atoms with Gasteiger partial charge in [0.25, 0.3) is 0 Å². The third-order valence-corrected chi connectivity index (χ3v) is 5.28. The van der Waals surface area contributed by atoms with Gasteiger partial charge in [0.15, 0.2) is 0 Å². The van der Waals surface area contributed by atoms with Gasteiger partial charge in [0, 0.05) is 22.9 Å². The number of nitro groups is 1. The normalized spacial score (nSPS) is 13.1. The summed E-state index contributed by atoms with van der Waals surface area (Å²) in [6, 6.07) is 13.3. The van der Waals surface area contributed by atoms with Crippen LogP contribution in [0.15, 0.2) is 48.8 Å². The first-order valence-corrected chi connectivity index (χ1v) is 9.31. The SMILES string of the molecule is Cc1c(Cl)cccc1Nc1ncnc(N2CCCc3ccccc32)c1[N+](=O)[O-]. The van der Waals surface area contributed by atoms with Gasteiger partial charge in [0.2, 0.25) is 11.6 Å². The molecule has 0 aliphatic carbocycles. The molecule has 142 valence electrons. The first-order valence-electron chi connectivity index (χ1n) is 8.93. The molecular formula is C20H18ClN5O2. The highest BCUT2D eigenvalue weighted by atomic mass is 35.5. The second-order valence-electron chi connectivity index (χ2n) is 6.57. The van der Waals surface area contributed by atoms with Crippen molar-refractivity contribution in [2.24, 2.45) is 0 Å². The standard InChI is InChI=1S/C20H18ClN5O2/c1-13-15(21)8-4-9-16(13)24-19-18(26(27)28)20(23-12-22-19)25-11-5-7-14-6-2-3-10-17(14)25/h2-4,6,8-10,12H,5,7,11H2,1H3,(H,22,23,24). The fraction of sp³-hybridized carbons (Fsp3) is 0.200. The molecule has 2 aromatic carbocycles. The quantitative estimate of drug-likeness (QED) is 0.484. The first-order chi connectivity index (χ1) is 13.6. The Morgan fingerprint density at radius 1 is 1.18 bits per heavy atom. The van der Waals surface area contributed by atoms with Crippen molar-refractivity contribution in [1.82, 2.24) is 9.97 Å². The molecule has 0 spiro atoms. The summed E-state index contributed by atoms with van der Waals surface area (Å²) in [5.41, 5.74) is 3.40. The van der Waals surface area contributed by atoms with Crippen LogP contribution in [-0.2, 0) is 6.42 Å². The molecular weight excluding hydrogens is 378 g/mol. The highest BCUT2D eigenvalue weighted by molar-refractivity contribution is 6.31. The van der Waals surface area contributed by atoms with Gasteiger partial charge in [0.05, 0.1) is 4.92 Å². The van der Waals surface area contributed by atoms with Crippen molar-refractivity contribution in [3.05, 3.63) is 75.1 Å². The average Bonchev–Trinajstić information content (AvgIpc) is 2.70. The summed E-state index contributed by atoms with van der Waals surface area (Å²) >= 11 is 6.18. The van der Waals surface area contributed by atoms with E-state index in [1.54, 1.807) is 12.1 Å². The topological polar surface area (TPSA) is 84.2 Å². The summed E-state index contributed by atoms with van der Waals surface area (Å²) in [5.74, 6) is 0.428. The molecule has 0 unspecified atom stereocenters. The molecule has 4 rings (SSSR count). The van der Waals surface area contributed by atoms with Gasteiger partial charge in [-0.3, -0.25) is 10.1 Å². The lowest BCUT2D eigenvalue weighted by Gasteiger charge is -2.30. The number of rotatable bonds is 4. The molecule has 0 bridgehead atoms. The van der Waals surface area contributed by atoms with Crippen LogP contribution in [0.4, 0.5) is 28.7 Å². The highest BCUT2D eigenvalue weighted by Gasteiger charge is 2.30. The van der Waals surface area contributed by atoms with Crippen molar-refractivity contribution in [1.29, 1.82) is 0 Å². The highest BCUT2D eigenvalue weighted by Crippen LogP contribution is 2.40. The van der Waals surface area contributed by atoms with Crippen LogP contribution < -0.4 is 10.2 Å². The molecule has 0 amide bonds. The molecule has 0 saturated heterocycles. The third-order valence-electron chi connectivity index (χ3n) is 4.87. The van der Waals surface area contributed by atoms with Crippen LogP contribution in [0.1, 0.15) is 17.5 Å². The fourth-order valence-corrected chi connectivity index (χ4v) is 3.63. The van der Waals surface area contributed by atoms with Crippen molar-refractivity contribution in [3.63, 3.8) is 0 Å². The Hall–Kier alpha value is -3.19. The second kappa shape index (κ2) is 7.44. The zero-order valence-electron chi connectivity index (χ0n) is 15.2. The molecule has 1 aliphatic heterocycles. The number of anilines is 4. The van der Waals surface area contributed by atoms with Gasteiger partial charge in [-0.05, 0) is 49.1 Å². The molecule has 0 saturated carbocycles. The molecule has 1 N–H and O–H groups in total. The largest absolute Gasteiger partial charge is 0.354 e. The summed E-state index contributed by atoms with van der Waals surface area (Å²) in [6.07, 6.45) is 3.19. The predicted octanol–water partition coefficient (Wildman–Crippen LogP) is 5.17. The monoisotopic (exact) mass is 395 g/mol. The van der Waals surface area contributed by atoms with Gasteiger partial charge in [-0.15, -0.1) is 0 Å². The molecule has 1 aliphatic rings. The van der Waals surface area contributed by atoms with Gasteiger partial charge in [-0.2, -0.15) is 0 Å². The Balaban J connectivity index is 1.81. The molecule has 1 aromatic heterocycles. The lowest BCUT2D eigenvalue weighted by atomic mass is 10.0. The molecule has 2 heterocycles. The van der Waals surface area contributed by atoms with E-state index in [-0.39, 0.29) is 17.3 Å². The van der Waals surface area contributed by atoms with Crippen molar-refractivity contribution < 1.29 is 4.92 Å². The zero-order valence-corrected chi connectivity index (χ0v) is 16.0. The smallest absolute Gasteiger partial charge is 0.334 e. The van der Waals surface area contributed by atoms with Crippen molar-refractivity contribution in [3.8, 4) is 0 Å². The van der Waals surface area contributed by atoms with Crippen LogP contribution in [0.2, 0.25) is 5.02 Å². The van der Waals surface area contributed by atoms with Crippen LogP contribution >= 0.6 is 11.6 Å². The predicted molar refractivity (Wildman–Crippen MR) is 110 cm³/mol. The second-order valence-corrected chi connectivity index (χ2v) is 6.98. The maximum atomic E-state index is 12.0. The molecule has 8 heteroatoms. The Kier molecular flexibility index (Phi) is 4.83. The van der Waals surface area contributed by atoms with Crippen LogP contribution in [0, 0.1) is 17.0 Å². The lowest BCUT2D eigenvalue weighted by Crippen LogP contribution is -2.26. The Morgan fingerprint density at radius 3 is 2.82 bits per heavy atom. The number of nitrogens with zero attached hydrogens (tertiary/aromatic N) is 4. The minimum Gasteiger partial charge on any atom is -0.334 e. The van der Waals surface area contributed by atoms with Crippen LogP contribution in [0.3, 0.4) is 0 Å². The maximum absolute atomic E-state index is 12.0. The number of hydrogen-bond donors (Lipinski definition) is 1. The average molecular weight is 396 g/mol. The van der Waals surface area contributed by atoms with E-state index in [9.17, 15) is 10.1 Å². The Morgan fingerprint density at radius 2 is 2.00 bits per heavy atom. The molecule has 7 nitrogen and oxygen atoms in total. The van der Waals surface area contributed by atoms with E-state index in [2.05, 4.69) is 15.3 Å². The van der Waals surface area contributed by atoms with Gasteiger partial charge in [0.1, 0.15) is 6.33 Å². The van der Waals surface area contributed by atoms with E-state index in [1.165, 1.54) is 6.33 Å². The van der Waals surface area contributed by atoms with Gasteiger partial charge >= 0.3 is 5.69 Å². The molecule has 0 fully saturated rings. The van der Waals surface area contributed by atoms with Crippen molar-refractivity contribution in [2.75, 3.05) is 16.8 Å². The number of para-hydroxylation sites is 1. The van der Waals surface area contributed by atoms with Crippen molar-refractivity contribution in [2.45, 2.75) is 19.8 Å². The molecule has 0 radical (unpaired) electrons. The third kappa shape index (κ3) is 3.25. The molecule has 0 atom stereocenters. The minimum absolute atomic E-state index is 0.142. The minimum atomic E-state index is -0.436. The number of nitrogens with one attached hydrogen (secondary N) is 1. The summed E-state index contributed by atoms with van der Waals surface area (Å²) in [5, 5.41) is 15.6. The van der Waals surface area contributed by atoms with Crippen LogP contribution in [-0.4, -0.2) is 21.4 Å². The number of halogens is 1. The lowest BCUT2D eigenvalue weighted by molar-refractivity contribution is -0.383. The fourth-order valence-electron chi connectivity index (χ4n) is 3.45. The summed E-state index contributed by atoms with van der Waals surface area (Å²) < 4.78 is 0. The van der Waals surface area contributed by atoms with Gasteiger partial charge in [-0.1, -0.05) is 35.9 Å². The van der Waals surface area contributed by atoms with E-state index in [0.717, 1.165) is 29.7 Å². The van der Waals surface area contributed by atoms with Crippen molar-refractivity contribution >= 4 is 40.3 Å². The van der Waals surface area contributed by atoms with E-state index < -0.39 is 4.92 Å². The summed E-state index contributed by atoms with van der Waals surface area (Å²) in [6.45, 7) is 2.50. The maximum Gasteiger partial charge on any atom is 0.354 e. The summed E-state index contributed by atoms with van der Waals surface area (Å²) in [7, 11) is 0. The number of hydrogen-bond acceptors (Lipinski definition) is 6.